The summed E-state index contributed by atoms with van der Waals surface area (Å²) in [4.78, 5) is 0. The molecule has 1 atom stereocenters. The number of hydrogen-bond acceptors (Lipinski definition) is 4. The summed E-state index contributed by atoms with van der Waals surface area (Å²) in [7, 11) is -5.73. The molecule has 0 radical (unpaired) electrons. The lowest BCUT2D eigenvalue weighted by Crippen LogP contribution is -2.25. The van der Waals surface area contributed by atoms with Crippen LogP contribution in [0.2, 0.25) is 0 Å². The van der Waals surface area contributed by atoms with Crippen molar-refractivity contribution in [3.8, 4) is 5.75 Å². The molecule has 24 heavy (non-hydrogen) atoms. The van der Waals surface area contributed by atoms with E-state index in [1.54, 1.807) is 0 Å². The van der Waals surface area contributed by atoms with Gasteiger partial charge in [0.2, 0.25) is 0 Å². The fourth-order valence-corrected chi connectivity index (χ4v) is 2.65. The Labute approximate surface area is 132 Å². The molecular formula is C13H10F6O4S. The summed E-state index contributed by atoms with van der Waals surface area (Å²) in [6.45, 7) is 0. The molecule has 1 unspecified atom stereocenters. The lowest BCUT2D eigenvalue weighted by atomic mass is 9.97. The molecule has 1 aliphatic rings. The fourth-order valence-electron chi connectivity index (χ4n) is 2.14. The highest BCUT2D eigenvalue weighted by Crippen LogP contribution is 2.38. The van der Waals surface area contributed by atoms with Crippen molar-refractivity contribution in [3.63, 3.8) is 0 Å². The number of hydrogen-bond donors (Lipinski definition) is 0. The highest BCUT2D eigenvalue weighted by atomic mass is 32.2. The second kappa shape index (κ2) is 6.19. The number of allylic oxidation sites excluding steroid dienone is 2. The fraction of sp³-hybridized carbons (Fsp3) is 0.385. The second-order valence-electron chi connectivity index (χ2n) is 4.91. The van der Waals surface area contributed by atoms with E-state index >= 15 is 0 Å². The zero-order valence-electron chi connectivity index (χ0n) is 11.7. The average molecular weight is 376 g/mol. The maximum Gasteiger partial charge on any atom is 0.573 e. The third-order valence-corrected chi connectivity index (χ3v) is 4.16. The second-order valence-corrected chi connectivity index (χ2v) is 6.45. The van der Waals surface area contributed by atoms with E-state index in [-0.39, 0.29) is 18.6 Å². The molecule has 1 aromatic carbocycles. The van der Waals surface area contributed by atoms with E-state index in [1.807, 2.05) is 0 Å². The molecule has 1 aliphatic carbocycles. The molecule has 0 heterocycles. The van der Waals surface area contributed by atoms with E-state index < -0.39 is 33.7 Å². The van der Waals surface area contributed by atoms with Crippen LogP contribution in [0, 0.1) is 0 Å². The summed E-state index contributed by atoms with van der Waals surface area (Å²) in [5, 5.41) is 0. The van der Waals surface area contributed by atoms with Crippen LogP contribution in [0.1, 0.15) is 24.3 Å². The Morgan fingerprint density at radius 2 is 1.58 bits per heavy atom. The maximum atomic E-state index is 12.2. The molecule has 4 nitrogen and oxygen atoms in total. The first kappa shape index (κ1) is 18.4. The number of halogens is 6. The standard InChI is InChI=1S/C13H10F6O4S/c14-12(15,16)22-10-4-1-8(2-5-10)9-3-6-11(7-9)23-24(20,21)13(17,18)19/h1-2,4-6,9H,3,7H2. The summed E-state index contributed by atoms with van der Waals surface area (Å²) in [5.41, 5.74) is -5.01. The zero-order valence-corrected chi connectivity index (χ0v) is 12.5. The predicted octanol–water partition coefficient (Wildman–Crippen LogP) is 4.21. The first-order chi connectivity index (χ1) is 10.9. The molecule has 2 rings (SSSR count). The molecular weight excluding hydrogens is 366 g/mol. The van der Waals surface area contributed by atoms with Crippen molar-refractivity contribution in [3.05, 3.63) is 41.7 Å². The van der Waals surface area contributed by atoms with Gasteiger partial charge in [0, 0.05) is 6.42 Å². The third kappa shape index (κ3) is 4.56. The van der Waals surface area contributed by atoms with Gasteiger partial charge in [-0.15, -0.1) is 13.2 Å². The van der Waals surface area contributed by atoms with Crippen molar-refractivity contribution in [1.29, 1.82) is 0 Å². The number of alkyl halides is 6. The van der Waals surface area contributed by atoms with E-state index in [4.69, 9.17) is 0 Å². The van der Waals surface area contributed by atoms with Crippen LogP contribution in [0.25, 0.3) is 0 Å². The van der Waals surface area contributed by atoms with Crippen LogP contribution in [0.5, 0.6) is 5.75 Å². The van der Waals surface area contributed by atoms with Gasteiger partial charge in [-0.3, -0.25) is 0 Å². The Morgan fingerprint density at radius 3 is 2.08 bits per heavy atom. The van der Waals surface area contributed by atoms with Crippen molar-refractivity contribution < 1.29 is 43.7 Å². The minimum absolute atomic E-state index is 0.116. The Morgan fingerprint density at radius 1 is 1.00 bits per heavy atom. The molecule has 0 amide bonds. The predicted molar refractivity (Wildman–Crippen MR) is 69.2 cm³/mol. The Hall–Kier alpha value is -1.91. The van der Waals surface area contributed by atoms with Gasteiger partial charge in [0.15, 0.2) is 0 Å². The smallest absolute Gasteiger partial charge is 0.406 e. The van der Waals surface area contributed by atoms with Crippen molar-refractivity contribution in [1.82, 2.24) is 0 Å². The van der Waals surface area contributed by atoms with Crippen molar-refractivity contribution >= 4 is 10.1 Å². The summed E-state index contributed by atoms with van der Waals surface area (Å²) < 4.78 is 102. The monoisotopic (exact) mass is 376 g/mol. The highest BCUT2D eigenvalue weighted by molar-refractivity contribution is 7.87. The van der Waals surface area contributed by atoms with Crippen LogP contribution in [0.4, 0.5) is 26.3 Å². The van der Waals surface area contributed by atoms with Gasteiger partial charge in [-0.05, 0) is 36.1 Å². The molecule has 0 fully saturated rings. The van der Waals surface area contributed by atoms with Gasteiger partial charge < -0.3 is 8.92 Å². The Bertz CT molecular complexity index is 718. The lowest BCUT2D eigenvalue weighted by Gasteiger charge is -2.14. The van der Waals surface area contributed by atoms with Crippen LogP contribution in [-0.4, -0.2) is 20.3 Å². The van der Waals surface area contributed by atoms with Gasteiger partial charge in [-0.25, -0.2) is 0 Å². The minimum atomic E-state index is -5.73. The van der Waals surface area contributed by atoms with Gasteiger partial charge in [0.25, 0.3) is 0 Å². The summed E-state index contributed by atoms with van der Waals surface area (Å²) in [6, 6.07) is 4.77. The molecule has 0 saturated carbocycles. The average Bonchev–Trinajstić information content (AvgIpc) is 2.84. The molecule has 0 bridgehead atoms. The minimum Gasteiger partial charge on any atom is -0.406 e. The van der Waals surface area contributed by atoms with Crippen LogP contribution < -0.4 is 4.74 Å². The van der Waals surface area contributed by atoms with Crippen molar-refractivity contribution in [2.45, 2.75) is 30.6 Å². The van der Waals surface area contributed by atoms with Crippen LogP contribution in [0.15, 0.2) is 36.1 Å². The molecule has 0 spiro atoms. The van der Waals surface area contributed by atoms with Crippen LogP contribution >= 0.6 is 0 Å². The first-order valence-corrected chi connectivity index (χ1v) is 7.84. The Kier molecular flexibility index (Phi) is 4.75. The Balaban J connectivity index is 2.00. The zero-order chi connectivity index (χ0) is 18.2. The number of rotatable bonds is 4. The van der Waals surface area contributed by atoms with E-state index in [9.17, 15) is 34.8 Å². The third-order valence-electron chi connectivity index (χ3n) is 3.16. The molecule has 134 valence electrons. The van der Waals surface area contributed by atoms with Gasteiger partial charge in [-0.2, -0.15) is 21.6 Å². The van der Waals surface area contributed by atoms with E-state index in [1.165, 1.54) is 18.2 Å². The molecule has 0 aromatic heterocycles. The van der Waals surface area contributed by atoms with Crippen LogP contribution in [0.3, 0.4) is 0 Å². The van der Waals surface area contributed by atoms with Crippen molar-refractivity contribution in [2.24, 2.45) is 0 Å². The van der Waals surface area contributed by atoms with E-state index in [0.717, 1.165) is 12.1 Å². The SMILES string of the molecule is O=S(=O)(OC1=CCC(c2ccc(OC(F)(F)F)cc2)C1)C(F)(F)F. The normalized spacial score (nSPS) is 19.1. The molecule has 0 aliphatic heterocycles. The molecule has 0 N–H and O–H groups in total. The van der Waals surface area contributed by atoms with Gasteiger partial charge in [0.1, 0.15) is 11.5 Å². The lowest BCUT2D eigenvalue weighted by molar-refractivity contribution is -0.274. The van der Waals surface area contributed by atoms with Crippen LogP contribution in [-0.2, 0) is 14.3 Å². The maximum absolute atomic E-state index is 12.2. The summed E-state index contributed by atoms with van der Waals surface area (Å²) in [5.74, 6) is -1.19. The summed E-state index contributed by atoms with van der Waals surface area (Å²) in [6.07, 6.45) is -3.55. The quantitative estimate of drug-likeness (QED) is 0.449. The molecule has 11 heteroatoms. The highest BCUT2D eigenvalue weighted by Gasteiger charge is 2.49. The molecule has 1 aromatic rings. The van der Waals surface area contributed by atoms with Gasteiger partial charge in [0.05, 0.1) is 0 Å². The van der Waals surface area contributed by atoms with E-state index in [0.29, 0.717) is 5.56 Å². The topological polar surface area (TPSA) is 52.6 Å². The number of benzene rings is 1. The number of ether oxygens (including phenoxy) is 1. The first-order valence-electron chi connectivity index (χ1n) is 6.43. The van der Waals surface area contributed by atoms with Gasteiger partial charge in [-0.1, -0.05) is 12.1 Å². The summed E-state index contributed by atoms with van der Waals surface area (Å²) >= 11 is 0. The van der Waals surface area contributed by atoms with Gasteiger partial charge >= 0.3 is 22.0 Å². The van der Waals surface area contributed by atoms with E-state index in [2.05, 4.69) is 8.92 Å². The largest absolute Gasteiger partial charge is 0.573 e. The molecule has 0 saturated heterocycles. The van der Waals surface area contributed by atoms with Crippen molar-refractivity contribution in [2.75, 3.05) is 0 Å².